The van der Waals surface area contributed by atoms with Crippen molar-refractivity contribution >= 4 is 5.91 Å². The molecule has 0 bridgehead atoms. The van der Waals surface area contributed by atoms with E-state index in [1.807, 2.05) is 31.2 Å². The summed E-state index contributed by atoms with van der Waals surface area (Å²) >= 11 is 0. The van der Waals surface area contributed by atoms with Crippen LogP contribution in [0.5, 0.6) is 5.75 Å². The molecule has 0 aliphatic carbocycles. The van der Waals surface area contributed by atoms with Crippen molar-refractivity contribution < 1.29 is 9.53 Å². The van der Waals surface area contributed by atoms with Gasteiger partial charge in [0.15, 0.2) is 0 Å². The number of hydrogen-bond acceptors (Lipinski definition) is 3. The second-order valence-corrected chi connectivity index (χ2v) is 4.66. The summed E-state index contributed by atoms with van der Waals surface area (Å²) in [6, 6.07) is 7.98. The van der Waals surface area contributed by atoms with E-state index in [9.17, 15) is 4.79 Å². The van der Waals surface area contributed by atoms with Gasteiger partial charge < -0.3 is 15.4 Å². The number of para-hydroxylation sites is 1. The van der Waals surface area contributed by atoms with Crippen LogP contribution in [-0.4, -0.2) is 32.1 Å². The normalized spacial score (nSPS) is 11.9. The molecule has 1 aromatic carbocycles. The van der Waals surface area contributed by atoms with Gasteiger partial charge in [-0.05, 0) is 37.9 Å². The molecular weight excluding hydrogens is 240 g/mol. The summed E-state index contributed by atoms with van der Waals surface area (Å²) in [5.41, 5.74) is 1.11. The molecule has 0 aliphatic heterocycles. The van der Waals surface area contributed by atoms with Gasteiger partial charge >= 0.3 is 0 Å². The fraction of sp³-hybridized carbons (Fsp3) is 0.533. The van der Waals surface area contributed by atoms with Crippen LogP contribution in [0.4, 0.5) is 0 Å². The number of amides is 1. The predicted octanol–water partition coefficient (Wildman–Crippen LogP) is 1.74. The summed E-state index contributed by atoms with van der Waals surface area (Å²) in [5.74, 6) is 0.906. The molecule has 1 amide bonds. The van der Waals surface area contributed by atoms with Crippen LogP contribution in [0.3, 0.4) is 0 Å². The number of carbonyl (C=O) groups is 1. The minimum atomic E-state index is 0.0378. The van der Waals surface area contributed by atoms with Crippen LogP contribution in [0.15, 0.2) is 24.3 Å². The van der Waals surface area contributed by atoms with E-state index in [1.54, 1.807) is 7.11 Å². The number of benzene rings is 1. The zero-order chi connectivity index (χ0) is 14.1. The van der Waals surface area contributed by atoms with Crippen LogP contribution in [-0.2, 0) is 11.2 Å². The van der Waals surface area contributed by atoms with Crippen LogP contribution in [0.25, 0.3) is 0 Å². The zero-order valence-corrected chi connectivity index (χ0v) is 12.0. The Morgan fingerprint density at radius 2 is 2.11 bits per heavy atom. The van der Waals surface area contributed by atoms with E-state index < -0.39 is 0 Å². The molecule has 0 radical (unpaired) electrons. The molecule has 0 aromatic heterocycles. The fourth-order valence-electron chi connectivity index (χ4n) is 1.96. The van der Waals surface area contributed by atoms with E-state index in [2.05, 4.69) is 17.6 Å². The largest absolute Gasteiger partial charge is 0.496 e. The standard InChI is InChI=1S/C15H24N2O2/c1-4-9-16-11-15(18)17-12(2)10-13-7-5-6-8-14(13)19-3/h5-8,12,16H,4,9-11H2,1-3H3,(H,17,18). The lowest BCUT2D eigenvalue weighted by Gasteiger charge is -2.16. The Labute approximate surface area is 115 Å². The Hall–Kier alpha value is -1.55. The molecule has 0 fully saturated rings. The maximum absolute atomic E-state index is 11.7. The van der Waals surface area contributed by atoms with Gasteiger partial charge in [0, 0.05) is 6.04 Å². The quantitative estimate of drug-likeness (QED) is 0.703. The number of hydrogen-bond donors (Lipinski definition) is 2. The average molecular weight is 264 g/mol. The second-order valence-electron chi connectivity index (χ2n) is 4.66. The van der Waals surface area contributed by atoms with Gasteiger partial charge in [0.25, 0.3) is 0 Å². The zero-order valence-electron chi connectivity index (χ0n) is 12.0. The van der Waals surface area contributed by atoms with Crippen molar-refractivity contribution in [2.24, 2.45) is 0 Å². The molecule has 2 N–H and O–H groups in total. The lowest BCUT2D eigenvalue weighted by molar-refractivity contribution is -0.120. The van der Waals surface area contributed by atoms with Gasteiger partial charge in [-0.3, -0.25) is 4.79 Å². The van der Waals surface area contributed by atoms with E-state index >= 15 is 0 Å². The first-order chi connectivity index (χ1) is 9.17. The topological polar surface area (TPSA) is 50.4 Å². The van der Waals surface area contributed by atoms with E-state index in [0.29, 0.717) is 6.54 Å². The highest BCUT2D eigenvalue weighted by Gasteiger charge is 2.10. The molecule has 19 heavy (non-hydrogen) atoms. The summed E-state index contributed by atoms with van der Waals surface area (Å²) in [7, 11) is 1.66. The van der Waals surface area contributed by atoms with E-state index in [4.69, 9.17) is 4.74 Å². The first kappa shape index (κ1) is 15.5. The van der Waals surface area contributed by atoms with Gasteiger partial charge in [-0.1, -0.05) is 25.1 Å². The van der Waals surface area contributed by atoms with Crippen LogP contribution in [0, 0.1) is 0 Å². The van der Waals surface area contributed by atoms with E-state index in [-0.39, 0.29) is 11.9 Å². The molecular formula is C15H24N2O2. The lowest BCUT2D eigenvalue weighted by Crippen LogP contribution is -2.40. The third-order valence-corrected chi connectivity index (χ3v) is 2.84. The van der Waals surface area contributed by atoms with Crippen molar-refractivity contribution in [2.75, 3.05) is 20.2 Å². The highest BCUT2D eigenvalue weighted by molar-refractivity contribution is 5.78. The summed E-state index contributed by atoms with van der Waals surface area (Å²) in [6.45, 7) is 5.33. The van der Waals surface area contributed by atoms with Gasteiger partial charge in [-0.15, -0.1) is 0 Å². The summed E-state index contributed by atoms with van der Waals surface area (Å²) in [4.78, 5) is 11.7. The monoisotopic (exact) mass is 264 g/mol. The van der Waals surface area contributed by atoms with Gasteiger partial charge in [0.1, 0.15) is 5.75 Å². The Balaban J connectivity index is 2.42. The van der Waals surface area contributed by atoms with E-state index in [1.165, 1.54) is 0 Å². The van der Waals surface area contributed by atoms with Gasteiger partial charge in [0.2, 0.25) is 5.91 Å². The molecule has 4 heteroatoms. The highest BCUT2D eigenvalue weighted by atomic mass is 16.5. The molecule has 1 rings (SSSR count). The Morgan fingerprint density at radius 1 is 1.37 bits per heavy atom. The SMILES string of the molecule is CCCNCC(=O)NC(C)Cc1ccccc1OC. The Morgan fingerprint density at radius 3 is 2.79 bits per heavy atom. The van der Waals surface area contributed by atoms with E-state index in [0.717, 1.165) is 30.7 Å². The third kappa shape index (κ3) is 5.75. The molecule has 0 spiro atoms. The van der Waals surface area contributed by atoms with Crippen LogP contribution < -0.4 is 15.4 Å². The lowest BCUT2D eigenvalue weighted by atomic mass is 10.1. The molecule has 0 heterocycles. The number of rotatable bonds is 8. The smallest absolute Gasteiger partial charge is 0.234 e. The van der Waals surface area contributed by atoms with Gasteiger partial charge in [-0.25, -0.2) is 0 Å². The van der Waals surface area contributed by atoms with Crippen molar-refractivity contribution in [1.29, 1.82) is 0 Å². The van der Waals surface area contributed by atoms with Crippen molar-refractivity contribution in [3.05, 3.63) is 29.8 Å². The highest BCUT2D eigenvalue weighted by Crippen LogP contribution is 2.18. The summed E-state index contributed by atoms with van der Waals surface area (Å²) in [5, 5.41) is 6.07. The van der Waals surface area contributed by atoms with Crippen LogP contribution >= 0.6 is 0 Å². The summed E-state index contributed by atoms with van der Waals surface area (Å²) in [6.07, 6.45) is 1.80. The first-order valence-electron chi connectivity index (χ1n) is 6.79. The second kappa shape index (κ2) is 8.53. The molecule has 1 atom stereocenters. The van der Waals surface area contributed by atoms with Crippen molar-refractivity contribution in [3.8, 4) is 5.75 Å². The molecule has 1 unspecified atom stereocenters. The van der Waals surface area contributed by atoms with Crippen LogP contribution in [0.2, 0.25) is 0 Å². The number of carbonyl (C=O) groups excluding carboxylic acids is 1. The first-order valence-corrected chi connectivity index (χ1v) is 6.79. The molecule has 0 saturated heterocycles. The molecule has 0 saturated carbocycles. The number of nitrogens with one attached hydrogen (secondary N) is 2. The molecule has 0 aliphatic rings. The average Bonchev–Trinajstić information content (AvgIpc) is 2.39. The van der Waals surface area contributed by atoms with Crippen molar-refractivity contribution in [3.63, 3.8) is 0 Å². The molecule has 1 aromatic rings. The molecule has 4 nitrogen and oxygen atoms in total. The third-order valence-electron chi connectivity index (χ3n) is 2.84. The van der Waals surface area contributed by atoms with Crippen LogP contribution in [0.1, 0.15) is 25.8 Å². The minimum absolute atomic E-state index is 0.0378. The summed E-state index contributed by atoms with van der Waals surface area (Å²) < 4.78 is 5.31. The van der Waals surface area contributed by atoms with Gasteiger partial charge in [0.05, 0.1) is 13.7 Å². The number of methoxy groups -OCH3 is 1. The maximum Gasteiger partial charge on any atom is 0.234 e. The fourth-order valence-corrected chi connectivity index (χ4v) is 1.96. The Kier molecular flexibility index (Phi) is 6.97. The predicted molar refractivity (Wildman–Crippen MR) is 77.5 cm³/mol. The molecule has 106 valence electrons. The van der Waals surface area contributed by atoms with Crippen molar-refractivity contribution in [1.82, 2.24) is 10.6 Å². The maximum atomic E-state index is 11.7. The van der Waals surface area contributed by atoms with Gasteiger partial charge in [-0.2, -0.15) is 0 Å². The minimum Gasteiger partial charge on any atom is -0.496 e. The number of ether oxygens (including phenoxy) is 1. The Bertz CT molecular complexity index is 393. The van der Waals surface area contributed by atoms with Crippen molar-refractivity contribution in [2.45, 2.75) is 32.7 Å².